The first kappa shape index (κ1) is 14.5. The molecule has 102 valence electrons. The Morgan fingerprint density at radius 1 is 1.50 bits per heavy atom. The molecule has 1 aliphatic rings. The zero-order valence-electron chi connectivity index (χ0n) is 10.9. The first-order chi connectivity index (χ1) is 8.63. The highest BCUT2D eigenvalue weighted by Gasteiger charge is 2.42. The predicted octanol–water partition coefficient (Wildman–Crippen LogP) is 3.61. The summed E-state index contributed by atoms with van der Waals surface area (Å²) in [5.41, 5.74) is 4.00. The predicted molar refractivity (Wildman–Crippen MR) is 79.5 cm³/mol. The van der Waals surface area contributed by atoms with Crippen molar-refractivity contribution in [1.82, 2.24) is 5.43 Å². The summed E-state index contributed by atoms with van der Waals surface area (Å²) in [6, 6.07) is 0.0515. The van der Waals surface area contributed by atoms with Gasteiger partial charge in [-0.1, -0.05) is 6.92 Å². The van der Waals surface area contributed by atoms with Crippen LogP contribution >= 0.6 is 27.3 Å². The fraction of sp³-hybridized carbons (Fsp3) is 0.692. The van der Waals surface area contributed by atoms with Crippen molar-refractivity contribution < 1.29 is 4.74 Å². The Hall–Kier alpha value is 0.0600. The van der Waals surface area contributed by atoms with E-state index < -0.39 is 0 Å². The summed E-state index contributed by atoms with van der Waals surface area (Å²) in [7, 11) is 1.81. The van der Waals surface area contributed by atoms with E-state index in [1.54, 1.807) is 18.4 Å². The highest BCUT2D eigenvalue weighted by Crippen LogP contribution is 2.44. The van der Waals surface area contributed by atoms with Gasteiger partial charge in [0.15, 0.2) is 0 Å². The lowest BCUT2D eigenvalue weighted by Gasteiger charge is -2.43. The van der Waals surface area contributed by atoms with E-state index in [2.05, 4.69) is 39.0 Å². The van der Waals surface area contributed by atoms with Crippen LogP contribution in [0.1, 0.15) is 44.2 Å². The van der Waals surface area contributed by atoms with Gasteiger partial charge in [0.05, 0.1) is 11.6 Å². The fourth-order valence-electron chi connectivity index (χ4n) is 2.88. The molecule has 3 N–H and O–H groups in total. The molecule has 1 aromatic rings. The molecule has 1 atom stereocenters. The summed E-state index contributed by atoms with van der Waals surface area (Å²) >= 11 is 5.28. The van der Waals surface area contributed by atoms with Crippen LogP contribution in [-0.2, 0) is 4.74 Å². The molecule has 0 radical (unpaired) electrons. The van der Waals surface area contributed by atoms with E-state index in [4.69, 9.17) is 10.6 Å². The number of thiophene rings is 1. The summed E-state index contributed by atoms with van der Waals surface area (Å²) in [6.45, 7) is 2.31. The van der Waals surface area contributed by atoms with E-state index in [9.17, 15) is 0 Å². The number of halogens is 1. The molecule has 0 saturated heterocycles. The van der Waals surface area contributed by atoms with Crippen molar-refractivity contribution in [3.8, 4) is 0 Å². The standard InChI is InChI=1S/C13H21BrN2OS/c1-9-3-5-13(17-2,6-4-9)12(16-15)10-7-18-8-11(10)14/h7-9,12,16H,3-6,15H2,1-2H3. The molecule has 0 aliphatic heterocycles. The second kappa shape index (κ2) is 6.01. The van der Waals surface area contributed by atoms with Gasteiger partial charge in [0.2, 0.25) is 0 Å². The molecule has 0 amide bonds. The molecule has 3 nitrogen and oxygen atoms in total. The topological polar surface area (TPSA) is 47.3 Å². The Morgan fingerprint density at radius 3 is 2.61 bits per heavy atom. The van der Waals surface area contributed by atoms with E-state index >= 15 is 0 Å². The molecule has 5 heteroatoms. The second-order valence-corrected chi connectivity index (χ2v) is 6.82. The normalized spacial score (nSPS) is 30.3. The highest BCUT2D eigenvalue weighted by molar-refractivity contribution is 9.10. The third kappa shape index (κ3) is 2.65. The Bertz CT molecular complexity index is 388. The summed E-state index contributed by atoms with van der Waals surface area (Å²) in [5.74, 6) is 6.60. The van der Waals surface area contributed by atoms with E-state index in [-0.39, 0.29) is 11.6 Å². The number of methoxy groups -OCH3 is 1. The van der Waals surface area contributed by atoms with Gasteiger partial charge < -0.3 is 4.74 Å². The number of hydrogen-bond donors (Lipinski definition) is 2. The molecule has 1 saturated carbocycles. The smallest absolute Gasteiger partial charge is 0.0886 e. The van der Waals surface area contributed by atoms with Crippen molar-refractivity contribution in [2.45, 2.75) is 44.2 Å². The van der Waals surface area contributed by atoms with Crippen LogP contribution < -0.4 is 11.3 Å². The first-order valence-electron chi connectivity index (χ1n) is 6.36. The largest absolute Gasteiger partial charge is 0.376 e. The molecule has 2 rings (SSSR count). The van der Waals surface area contributed by atoms with Gasteiger partial charge in [-0.25, -0.2) is 5.43 Å². The first-order valence-corrected chi connectivity index (χ1v) is 8.09. The van der Waals surface area contributed by atoms with Gasteiger partial charge in [-0.15, -0.1) is 0 Å². The average molecular weight is 333 g/mol. The molecular formula is C13H21BrN2OS. The van der Waals surface area contributed by atoms with E-state index in [0.717, 1.165) is 23.2 Å². The second-order valence-electron chi connectivity index (χ2n) is 5.23. The Labute approximate surface area is 121 Å². The van der Waals surface area contributed by atoms with E-state index in [0.29, 0.717) is 0 Å². The van der Waals surface area contributed by atoms with Gasteiger partial charge in [-0.05, 0) is 58.5 Å². The number of nitrogens with two attached hydrogens (primary N) is 1. The summed E-state index contributed by atoms with van der Waals surface area (Å²) in [6.07, 6.45) is 4.52. The van der Waals surface area contributed by atoms with Crippen molar-refractivity contribution in [3.05, 3.63) is 20.8 Å². The van der Waals surface area contributed by atoms with Crippen molar-refractivity contribution in [2.75, 3.05) is 7.11 Å². The molecule has 1 unspecified atom stereocenters. The fourth-order valence-corrected chi connectivity index (χ4v) is 4.44. The maximum absolute atomic E-state index is 5.90. The monoisotopic (exact) mass is 332 g/mol. The van der Waals surface area contributed by atoms with Crippen LogP contribution in [-0.4, -0.2) is 12.7 Å². The molecule has 0 bridgehead atoms. The van der Waals surface area contributed by atoms with Gasteiger partial charge in [0.1, 0.15) is 0 Å². The van der Waals surface area contributed by atoms with Gasteiger partial charge in [0.25, 0.3) is 0 Å². The zero-order valence-corrected chi connectivity index (χ0v) is 13.3. The molecule has 1 aliphatic carbocycles. The van der Waals surface area contributed by atoms with Crippen LogP contribution in [0.2, 0.25) is 0 Å². The lowest BCUT2D eigenvalue weighted by atomic mass is 9.74. The zero-order chi connectivity index (χ0) is 13.2. The minimum atomic E-state index is -0.176. The van der Waals surface area contributed by atoms with Crippen LogP contribution in [0, 0.1) is 5.92 Å². The SMILES string of the molecule is COC1(C(NN)c2cscc2Br)CCC(C)CC1. The maximum atomic E-state index is 5.90. The lowest BCUT2D eigenvalue weighted by Crippen LogP contribution is -2.49. The Kier molecular flexibility index (Phi) is 4.83. The summed E-state index contributed by atoms with van der Waals surface area (Å²) < 4.78 is 7.02. The van der Waals surface area contributed by atoms with Crippen LogP contribution in [0.15, 0.2) is 15.2 Å². The van der Waals surface area contributed by atoms with Crippen molar-refractivity contribution in [3.63, 3.8) is 0 Å². The average Bonchev–Trinajstić information content (AvgIpc) is 2.79. The van der Waals surface area contributed by atoms with Crippen LogP contribution in [0.5, 0.6) is 0 Å². The summed E-state index contributed by atoms with van der Waals surface area (Å²) in [4.78, 5) is 0. The van der Waals surface area contributed by atoms with Crippen molar-refractivity contribution in [2.24, 2.45) is 11.8 Å². The number of nitrogens with one attached hydrogen (secondary N) is 1. The maximum Gasteiger partial charge on any atom is 0.0886 e. The van der Waals surface area contributed by atoms with Gasteiger partial charge in [-0.3, -0.25) is 5.84 Å². The lowest BCUT2D eigenvalue weighted by molar-refractivity contribution is -0.0762. The van der Waals surface area contributed by atoms with Gasteiger partial charge >= 0.3 is 0 Å². The quantitative estimate of drug-likeness (QED) is 0.654. The molecule has 1 aromatic heterocycles. The molecule has 1 heterocycles. The number of hydrogen-bond acceptors (Lipinski definition) is 4. The number of hydrazine groups is 1. The number of rotatable bonds is 4. The van der Waals surface area contributed by atoms with E-state index in [1.165, 1.54) is 18.4 Å². The van der Waals surface area contributed by atoms with Gasteiger partial charge in [0, 0.05) is 17.0 Å². The van der Waals surface area contributed by atoms with Crippen LogP contribution in [0.4, 0.5) is 0 Å². The molecule has 1 fully saturated rings. The molecular weight excluding hydrogens is 312 g/mol. The Balaban J connectivity index is 2.27. The van der Waals surface area contributed by atoms with Gasteiger partial charge in [-0.2, -0.15) is 11.3 Å². The Morgan fingerprint density at radius 2 is 2.17 bits per heavy atom. The third-order valence-electron chi connectivity index (χ3n) is 4.17. The van der Waals surface area contributed by atoms with Crippen molar-refractivity contribution >= 4 is 27.3 Å². The highest BCUT2D eigenvalue weighted by atomic mass is 79.9. The minimum Gasteiger partial charge on any atom is -0.376 e. The van der Waals surface area contributed by atoms with Crippen molar-refractivity contribution in [1.29, 1.82) is 0 Å². The van der Waals surface area contributed by atoms with Crippen LogP contribution in [0.3, 0.4) is 0 Å². The third-order valence-corrected chi connectivity index (χ3v) is 5.92. The molecule has 0 aromatic carbocycles. The summed E-state index contributed by atoms with van der Waals surface area (Å²) in [5, 5.41) is 4.24. The molecule has 18 heavy (non-hydrogen) atoms. The minimum absolute atomic E-state index is 0.0515. The van der Waals surface area contributed by atoms with E-state index in [1.807, 2.05) is 0 Å². The van der Waals surface area contributed by atoms with Crippen LogP contribution in [0.25, 0.3) is 0 Å². The number of ether oxygens (including phenoxy) is 1. The molecule has 0 spiro atoms.